The average Bonchev–Trinajstić information content (AvgIpc) is 2.84. The molecule has 5 rings (SSSR count). The first-order valence-electron chi connectivity index (χ1n) is 10.7. The number of hydrogen-bond donors (Lipinski definition) is 1. The predicted octanol–water partition coefficient (Wildman–Crippen LogP) is 4.36. The number of benzene rings is 3. The molecule has 0 saturated heterocycles. The summed E-state index contributed by atoms with van der Waals surface area (Å²) < 4.78 is 16.9. The standard InChI is InChI=1S/C25H22N2O5S/c28-24(10-11-27-19-8-4-5-9-20(19)32-16-25(27)29)26-18-14-21-22(31-13-12-30-21)15-23(18)33-17-6-2-1-3-7-17/h1-9,14-15H,10-13,16H2,(H,26,28). The number of carbonyl (C=O) groups excluding carboxylic acids is 2. The van der Waals surface area contributed by atoms with Gasteiger partial charge < -0.3 is 24.4 Å². The molecule has 0 unspecified atom stereocenters. The van der Waals surface area contributed by atoms with Gasteiger partial charge >= 0.3 is 0 Å². The highest BCUT2D eigenvalue weighted by atomic mass is 32.2. The molecule has 168 valence electrons. The van der Waals surface area contributed by atoms with Crippen LogP contribution >= 0.6 is 11.8 Å². The van der Waals surface area contributed by atoms with E-state index in [0.29, 0.717) is 41.8 Å². The van der Waals surface area contributed by atoms with Crippen molar-refractivity contribution in [2.75, 3.05) is 36.6 Å². The molecule has 0 radical (unpaired) electrons. The molecule has 3 aromatic carbocycles. The van der Waals surface area contributed by atoms with Crippen LogP contribution in [0.25, 0.3) is 0 Å². The van der Waals surface area contributed by atoms with E-state index in [1.165, 1.54) is 11.8 Å². The topological polar surface area (TPSA) is 77.1 Å². The number of rotatable bonds is 6. The number of nitrogens with zero attached hydrogens (tertiary/aromatic N) is 1. The highest BCUT2D eigenvalue weighted by Crippen LogP contribution is 2.42. The zero-order valence-electron chi connectivity index (χ0n) is 17.8. The summed E-state index contributed by atoms with van der Waals surface area (Å²) in [6.07, 6.45) is 0.143. The van der Waals surface area contributed by atoms with Gasteiger partial charge in [-0.05, 0) is 24.3 Å². The van der Waals surface area contributed by atoms with Crippen molar-refractivity contribution in [3.63, 3.8) is 0 Å². The number of fused-ring (bicyclic) bond motifs is 2. The van der Waals surface area contributed by atoms with E-state index in [0.717, 1.165) is 9.79 Å². The van der Waals surface area contributed by atoms with E-state index >= 15 is 0 Å². The second kappa shape index (κ2) is 9.46. The Bertz CT molecular complexity index is 1180. The second-order valence-electron chi connectivity index (χ2n) is 7.51. The number of hydrogen-bond acceptors (Lipinski definition) is 6. The smallest absolute Gasteiger partial charge is 0.265 e. The normalized spacial score (nSPS) is 14.3. The van der Waals surface area contributed by atoms with E-state index in [4.69, 9.17) is 14.2 Å². The van der Waals surface area contributed by atoms with Crippen molar-refractivity contribution in [1.29, 1.82) is 0 Å². The van der Waals surface area contributed by atoms with Crippen LogP contribution < -0.4 is 24.4 Å². The van der Waals surface area contributed by atoms with Crippen LogP contribution in [0, 0.1) is 0 Å². The molecule has 0 aromatic heterocycles. The average molecular weight is 463 g/mol. The summed E-state index contributed by atoms with van der Waals surface area (Å²) in [6.45, 7) is 1.18. The summed E-state index contributed by atoms with van der Waals surface area (Å²) in [5, 5.41) is 2.99. The predicted molar refractivity (Wildman–Crippen MR) is 126 cm³/mol. The fraction of sp³-hybridized carbons (Fsp3) is 0.200. The van der Waals surface area contributed by atoms with E-state index in [-0.39, 0.29) is 31.4 Å². The summed E-state index contributed by atoms with van der Waals surface area (Å²) in [6, 6.07) is 20.9. The van der Waals surface area contributed by atoms with Crippen LogP contribution in [0.5, 0.6) is 17.2 Å². The molecule has 2 amide bonds. The van der Waals surface area contributed by atoms with Crippen molar-refractivity contribution in [3.8, 4) is 17.2 Å². The van der Waals surface area contributed by atoms with Crippen molar-refractivity contribution in [2.24, 2.45) is 0 Å². The quantitative estimate of drug-likeness (QED) is 0.587. The van der Waals surface area contributed by atoms with Crippen LogP contribution in [0.3, 0.4) is 0 Å². The Morgan fingerprint density at radius 3 is 2.45 bits per heavy atom. The van der Waals surface area contributed by atoms with Gasteiger partial charge in [-0.25, -0.2) is 0 Å². The van der Waals surface area contributed by atoms with Gasteiger partial charge in [-0.3, -0.25) is 9.59 Å². The zero-order chi connectivity index (χ0) is 22.6. The minimum Gasteiger partial charge on any atom is -0.486 e. The molecule has 33 heavy (non-hydrogen) atoms. The molecule has 0 spiro atoms. The van der Waals surface area contributed by atoms with E-state index in [1.807, 2.05) is 60.7 Å². The third kappa shape index (κ3) is 4.75. The summed E-state index contributed by atoms with van der Waals surface area (Å²) in [4.78, 5) is 28.8. The van der Waals surface area contributed by atoms with E-state index in [1.54, 1.807) is 11.0 Å². The molecule has 0 fully saturated rings. The maximum Gasteiger partial charge on any atom is 0.265 e. The number of carbonyl (C=O) groups is 2. The van der Waals surface area contributed by atoms with Crippen molar-refractivity contribution < 1.29 is 23.8 Å². The van der Waals surface area contributed by atoms with Gasteiger partial charge in [-0.2, -0.15) is 0 Å². The van der Waals surface area contributed by atoms with Gasteiger partial charge in [0.15, 0.2) is 18.1 Å². The van der Waals surface area contributed by atoms with Crippen molar-refractivity contribution in [3.05, 3.63) is 66.7 Å². The molecular weight excluding hydrogens is 440 g/mol. The molecule has 2 heterocycles. The molecule has 8 heteroatoms. The number of para-hydroxylation sites is 2. The van der Waals surface area contributed by atoms with Crippen LogP contribution in [0.1, 0.15) is 6.42 Å². The molecule has 0 bridgehead atoms. The van der Waals surface area contributed by atoms with E-state index in [2.05, 4.69) is 5.32 Å². The summed E-state index contributed by atoms with van der Waals surface area (Å²) in [5.41, 5.74) is 1.33. The fourth-order valence-corrected chi connectivity index (χ4v) is 4.63. The summed E-state index contributed by atoms with van der Waals surface area (Å²) in [7, 11) is 0. The highest BCUT2D eigenvalue weighted by Gasteiger charge is 2.26. The Kier molecular flexibility index (Phi) is 6.08. The lowest BCUT2D eigenvalue weighted by Crippen LogP contribution is -2.40. The van der Waals surface area contributed by atoms with Crippen molar-refractivity contribution >= 4 is 35.0 Å². The maximum absolute atomic E-state index is 12.9. The van der Waals surface area contributed by atoms with Crippen LogP contribution in [0.15, 0.2) is 76.5 Å². The Balaban J connectivity index is 1.33. The second-order valence-corrected chi connectivity index (χ2v) is 8.62. The minimum absolute atomic E-state index is 0.0291. The summed E-state index contributed by atoms with van der Waals surface area (Å²) >= 11 is 1.53. The van der Waals surface area contributed by atoms with Gasteiger partial charge in [0.1, 0.15) is 19.0 Å². The number of nitrogens with one attached hydrogen (secondary N) is 1. The first kappa shape index (κ1) is 21.2. The Morgan fingerprint density at radius 2 is 1.64 bits per heavy atom. The molecule has 7 nitrogen and oxygen atoms in total. The molecule has 0 atom stereocenters. The Labute approximate surface area is 195 Å². The molecule has 2 aliphatic heterocycles. The number of ether oxygens (including phenoxy) is 3. The fourth-order valence-electron chi connectivity index (χ4n) is 3.69. The first-order valence-corrected chi connectivity index (χ1v) is 11.5. The van der Waals surface area contributed by atoms with Gasteiger partial charge in [0, 0.05) is 34.9 Å². The van der Waals surface area contributed by atoms with Crippen molar-refractivity contribution in [2.45, 2.75) is 16.2 Å². The van der Waals surface area contributed by atoms with Crippen LogP contribution in [-0.4, -0.2) is 38.2 Å². The molecule has 3 aromatic rings. The lowest BCUT2D eigenvalue weighted by molar-refractivity contribution is -0.121. The lowest BCUT2D eigenvalue weighted by atomic mass is 10.2. The van der Waals surface area contributed by atoms with Gasteiger partial charge in [0.05, 0.1) is 11.4 Å². The third-order valence-corrected chi connectivity index (χ3v) is 6.33. The van der Waals surface area contributed by atoms with Crippen LogP contribution in [0.4, 0.5) is 11.4 Å². The van der Waals surface area contributed by atoms with Gasteiger partial charge in [0.25, 0.3) is 5.91 Å². The maximum atomic E-state index is 12.9. The minimum atomic E-state index is -0.196. The third-order valence-electron chi connectivity index (χ3n) is 5.26. The first-order chi connectivity index (χ1) is 16.2. The Morgan fingerprint density at radius 1 is 0.909 bits per heavy atom. The van der Waals surface area contributed by atoms with Gasteiger partial charge in [0.2, 0.25) is 5.91 Å². The summed E-state index contributed by atoms with van der Waals surface area (Å²) in [5.74, 6) is 1.55. The largest absolute Gasteiger partial charge is 0.486 e. The molecule has 0 aliphatic carbocycles. The molecule has 0 saturated carbocycles. The van der Waals surface area contributed by atoms with Crippen molar-refractivity contribution in [1.82, 2.24) is 0 Å². The SMILES string of the molecule is O=C(CCN1C(=O)COc2ccccc21)Nc1cc2c(cc1Sc1ccccc1)OCCO2. The molecule has 2 aliphatic rings. The van der Waals surface area contributed by atoms with Gasteiger partial charge in [-0.15, -0.1) is 0 Å². The van der Waals surface area contributed by atoms with Gasteiger partial charge in [-0.1, -0.05) is 42.1 Å². The number of anilines is 2. The van der Waals surface area contributed by atoms with Crippen LogP contribution in [-0.2, 0) is 9.59 Å². The molecular formula is C25H22N2O5S. The Hall–Kier alpha value is -3.65. The van der Waals surface area contributed by atoms with E-state index in [9.17, 15) is 9.59 Å². The van der Waals surface area contributed by atoms with Crippen LogP contribution in [0.2, 0.25) is 0 Å². The zero-order valence-corrected chi connectivity index (χ0v) is 18.6. The monoisotopic (exact) mass is 462 g/mol. The van der Waals surface area contributed by atoms with E-state index < -0.39 is 0 Å². The molecule has 1 N–H and O–H groups in total. The highest BCUT2D eigenvalue weighted by molar-refractivity contribution is 7.99. The lowest BCUT2D eigenvalue weighted by Gasteiger charge is -2.29. The number of amides is 2.